The van der Waals surface area contributed by atoms with E-state index in [-0.39, 0.29) is 16.6 Å². The topological polar surface area (TPSA) is 66.8 Å². The Morgan fingerprint density at radius 1 is 1.33 bits per heavy atom. The Morgan fingerprint density at radius 2 is 2.00 bits per heavy atom. The number of carbonyl (C=O) groups excluding carboxylic acids is 1. The van der Waals surface area contributed by atoms with Crippen LogP contribution in [0, 0.1) is 6.92 Å². The van der Waals surface area contributed by atoms with E-state index in [2.05, 4.69) is 11.6 Å². The van der Waals surface area contributed by atoms with E-state index >= 15 is 0 Å². The molecule has 1 aliphatic heterocycles. The molecule has 24 heavy (non-hydrogen) atoms. The third-order valence-electron chi connectivity index (χ3n) is 3.63. The molecule has 7 heteroatoms. The summed E-state index contributed by atoms with van der Waals surface area (Å²) in [5.74, 6) is -0.406. The van der Waals surface area contributed by atoms with Crippen LogP contribution in [0.1, 0.15) is 31.7 Å². The highest BCUT2D eigenvalue weighted by Crippen LogP contribution is 2.34. The second-order valence-corrected chi connectivity index (χ2v) is 8.54. The number of unbranched alkanes of at least 4 members (excludes halogenated alkanes) is 1. The maximum absolute atomic E-state index is 12.9. The molecule has 1 atom stereocenters. The van der Waals surface area contributed by atoms with Crippen LogP contribution in [0.4, 0.5) is 0 Å². The van der Waals surface area contributed by atoms with Crippen molar-refractivity contribution in [1.82, 2.24) is 4.31 Å². The number of thioether (sulfide) groups is 1. The summed E-state index contributed by atoms with van der Waals surface area (Å²) < 4.78 is 26.7. The van der Waals surface area contributed by atoms with Crippen LogP contribution in [0.15, 0.2) is 46.8 Å². The summed E-state index contributed by atoms with van der Waals surface area (Å²) in [5, 5.41) is -0.157. The van der Waals surface area contributed by atoms with Crippen LogP contribution in [0.25, 0.3) is 0 Å². The maximum atomic E-state index is 12.9. The van der Waals surface area contributed by atoms with Gasteiger partial charge in [0.1, 0.15) is 0 Å². The zero-order valence-electron chi connectivity index (χ0n) is 13.9. The molecule has 0 bridgehead atoms. The fourth-order valence-corrected chi connectivity index (χ4v) is 5.19. The number of sulfonamides is 1. The minimum Gasteiger partial charge on any atom is -0.272 e. The molecule has 2 rings (SSSR count). The van der Waals surface area contributed by atoms with Gasteiger partial charge >= 0.3 is 0 Å². The largest absolute Gasteiger partial charge is 0.272 e. The van der Waals surface area contributed by atoms with Crippen molar-refractivity contribution in [2.75, 3.05) is 6.54 Å². The number of amides is 1. The number of nitrogens with zero attached hydrogens (tertiary/aromatic N) is 2. The van der Waals surface area contributed by atoms with Crippen LogP contribution in [0.2, 0.25) is 0 Å². The van der Waals surface area contributed by atoms with Crippen molar-refractivity contribution in [1.29, 1.82) is 0 Å². The fourth-order valence-electron chi connectivity index (χ4n) is 2.30. The van der Waals surface area contributed by atoms with E-state index in [9.17, 15) is 13.2 Å². The summed E-state index contributed by atoms with van der Waals surface area (Å²) in [7, 11) is -3.94. The molecule has 0 radical (unpaired) electrons. The van der Waals surface area contributed by atoms with E-state index in [0.717, 1.165) is 22.7 Å². The third-order valence-corrected chi connectivity index (χ3v) is 6.69. The summed E-state index contributed by atoms with van der Waals surface area (Å²) in [5.41, 5.74) is 0.956. The summed E-state index contributed by atoms with van der Waals surface area (Å²) in [6.07, 6.45) is 4.05. The monoisotopic (exact) mass is 366 g/mol. The van der Waals surface area contributed by atoms with Crippen LogP contribution in [-0.4, -0.2) is 35.6 Å². The van der Waals surface area contributed by atoms with Gasteiger partial charge in [-0.1, -0.05) is 55.3 Å². The van der Waals surface area contributed by atoms with Gasteiger partial charge in [-0.2, -0.15) is 4.31 Å². The first-order chi connectivity index (χ1) is 11.4. The summed E-state index contributed by atoms with van der Waals surface area (Å²) in [6, 6.07) is 6.48. The molecule has 1 aromatic rings. The van der Waals surface area contributed by atoms with Crippen molar-refractivity contribution >= 4 is 32.9 Å². The van der Waals surface area contributed by atoms with Crippen molar-refractivity contribution < 1.29 is 13.2 Å². The Bertz CT molecular complexity index is 740. The van der Waals surface area contributed by atoms with E-state index in [0.29, 0.717) is 6.42 Å². The Labute approximate surface area is 147 Å². The lowest BCUT2D eigenvalue weighted by atomic mass is 10.2. The van der Waals surface area contributed by atoms with Crippen molar-refractivity contribution in [2.24, 2.45) is 4.99 Å². The van der Waals surface area contributed by atoms with E-state index in [1.807, 2.05) is 13.8 Å². The van der Waals surface area contributed by atoms with E-state index in [1.54, 1.807) is 18.2 Å². The lowest BCUT2D eigenvalue weighted by Gasteiger charge is -2.17. The maximum Gasteiger partial charge on any atom is 0.272 e. The van der Waals surface area contributed by atoms with Crippen molar-refractivity contribution in [2.45, 2.75) is 43.3 Å². The predicted octanol–water partition coefficient (Wildman–Crippen LogP) is 3.36. The Balaban J connectivity index is 2.40. The second kappa shape index (κ2) is 7.98. The Kier molecular flexibility index (Phi) is 6.23. The number of hydrogen-bond acceptors (Lipinski definition) is 5. The lowest BCUT2D eigenvalue weighted by Crippen LogP contribution is -2.37. The lowest BCUT2D eigenvalue weighted by molar-refractivity contribution is -0.123. The highest BCUT2D eigenvalue weighted by Gasteiger charge is 2.44. The molecule has 1 unspecified atom stereocenters. The Morgan fingerprint density at radius 3 is 2.58 bits per heavy atom. The van der Waals surface area contributed by atoms with Crippen LogP contribution in [0.3, 0.4) is 0 Å². The molecule has 0 aromatic heterocycles. The molecule has 1 saturated heterocycles. The average Bonchev–Trinajstić information content (AvgIpc) is 2.87. The summed E-state index contributed by atoms with van der Waals surface area (Å²) in [6.45, 7) is 7.79. The van der Waals surface area contributed by atoms with Gasteiger partial charge < -0.3 is 0 Å². The molecule has 0 saturated carbocycles. The second-order valence-electron chi connectivity index (χ2n) is 5.58. The number of rotatable bonds is 7. The molecule has 1 aromatic carbocycles. The number of aryl methyl sites for hydroxylation is 1. The van der Waals surface area contributed by atoms with Gasteiger partial charge in [0.25, 0.3) is 15.9 Å². The van der Waals surface area contributed by atoms with Gasteiger partial charge in [-0.05, 0) is 25.5 Å². The number of amidine groups is 1. The molecular formula is C17H22N2O3S2. The van der Waals surface area contributed by atoms with E-state index in [4.69, 9.17) is 0 Å². The highest BCUT2D eigenvalue weighted by atomic mass is 32.2. The minimum absolute atomic E-state index is 0.101. The molecule has 0 N–H and O–H groups in total. The zero-order chi connectivity index (χ0) is 17.7. The molecule has 5 nitrogen and oxygen atoms in total. The van der Waals surface area contributed by atoms with Gasteiger partial charge in [0.2, 0.25) is 0 Å². The fraction of sp³-hybridized carbons (Fsp3) is 0.412. The molecular weight excluding hydrogens is 344 g/mol. The van der Waals surface area contributed by atoms with Crippen molar-refractivity contribution in [3.05, 3.63) is 42.5 Å². The normalized spacial score (nSPS) is 19.9. The molecule has 0 aliphatic carbocycles. The SMILES string of the molecule is C=CCN=C1SC(CCCC)C(=O)N1S(=O)(=O)c1ccc(C)cc1. The number of benzene rings is 1. The van der Waals surface area contributed by atoms with Gasteiger partial charge in [0.05, 0.1) is 16.7 Å². The van der Waals surface area contributed by atoms with Crippen LogP contribution >= 0.6 is 11.8 Å². The first-order valence-electron chi connectivity index (χ1n) is 7.89. The van der Waals surface area contributed by atoms with Gasteiger partial charge in [-0.3, -0.25) is 9.79 Å². The zero-order valence-corrected chi connectivity index (χ0v) is 15.6. The number of aliphatic imine (C=N–C) groups is 1. The van der Waals surface area contributed by atoms with Crippen LogP contribution in [0.5, 0.6) is 0 Å². The van der Waals surface area contributed by atoms with E-state index in [1.165, 1.54) is 23.9 Å². The van der Waals surface area contributed by atoms with Gasteiger partial charge in [-0.25, -0.2) is 8.42 Å². The standard InChI is InChI=1S/C17H22N2O3S2/c1-4-6-7-15-16(20)19(17(23-15)18-12-5-2)24(21,22)14-10-8-13(3)9-11-14/h5,8-11,15H,2,4,6-7,12H2,1,3H3. The molecule has 0 spiro atoms. The first-order valence-corrected chi connectivity index (χ1v) is 10.2. The molecule has 1 aliphatic rings. The molecule has 1 heterocycles. The first kappa shape index (κ1) is 18.7. The molecule has 130 valence electrons. The smallest absolute Gasteiger partial charge is 0.272 e. The highest BCUT2D eigenvalue weighted by molar-refractivity contribution is 8.17. The van der Waals surface area contributed by atoms with Crippen molar-refractivity contribution in [3.8, 4) is 0 Å². The van der Waals surface area contributed by atoms with Crippen LogP contribution in [-0.2, 0) is 14.8 Å². The number of hydrogen-bond donors (Lipinski definition) is 0. The average molecular weight is 367 g/mol. The van der Waals surface area contributed by atoms with Gasteiger partial charge in [-0.15, -0.1) is 6.58 Å². The van der Waals surface area contributed by atoms with Crippen LogP contribution < -0.4 is 0 Å². The van der Waals surface area contributed by atoms with Gasteiger partial charge in [0, 0.05) is 0 Å². The predicted molar refractivity (Wildman–Crippen MR) is 98.6 cm³/mol. The third kappa shape index (κ3) is 3.89. The molecule has 1 amide bonds. The number of carbonyl (C=O) groups is 1. The summed E-state index contributed by atoms with van der Waals surface area (Å²) >= 11 is 1.23. The molecule has 1 fully saturated rings. The van der Waals surface area contributed by atoms with Crippen molar-refractivity contribution in [3.63, 3.8) is 0 Å². The van der Waals surface area contributed by atoms with Gasteiger partial charge in [0.15, 0.2) is 5.17 Å². The summed E-state index contributed by atoms with van der Waals surface area (Å²) in [4.78, 5) is 17.0. The van der Waals surface area contributed by atoms with E-state index < -0.39 is 21.2 Å². The Hall–Kier alpha value is -1.60. The minimum atomic E-state index is -3.94. The quantitative estimate of drug-likeness (QED) is 0.694.